The zero-order chi connectivity index (χ0) is 13.5. The van der Waals surface area contributed by atoms with Crippen molar-refractivity contribution in [2.45, 2.75) is 49.8 Å². The van der Waals surface area contributed by atoms with Crippen LogP contribution in [0.5, 0.6) is 0 Å². The summed E-state index contributed by atoms with van der Waals surface area (Å²) in [5, 5.41) is 11.1. The van der Waals surface area contributed by atoms with Gasteiger partial charge in [0.25, 0.3) is 0 Å². The molecule has 2 saturated heterocycles. The first-order chi connectivity index (χ1) is 9.12. The first kappa shape index (κ1) is 12.7. The maximum atomic E-state index is 11.1. The summed E-state index contributed by atoms with van der Waals surface area (Å²) in [6.45, 7) is 0. The van der Waals surface area contributed by atoms with Crippen LogP contribution in [0.25, 0.3) is 0 Å². The van der Waals surface area contributed by atoms with Crippen LogP contribution < -0.4 is 0 Å². The number of aliphatic hydroxyl groups is 1. The molecule has 2 nitrogen and oxygen atoms in total. The summed E-state index contributed by atoms with van der Waals surface area (Å²) in [5.74, 6) is 2.66. The standard InChI is InChI=1S/C17H21NO/c1-3-13-6-4-7-14(10-13)17(19)11-15-8-5-9-16(12-17)18(15)2/h1,4,6-7,10,15-16,19H,5,8-9,11-12H2,2H3. The molecule has 1 N–H and O–H groups in total. The average molecular weight is 255 g/mol. The van der Waals surface area contributed by atoms with Crippen LogP contribution in [0, 0.1) is 12.3 Å². The summed E-state index contributed by atoms with van der Waals surface area (Å²) in [5.41, 5.74) is 1.15. The molecule has 0 radical (unpaired) electrons. The van der Waals surface area contributed by atoms with E-state index in [1.807, 2.05) is 24.3 Å². The van der Waals surface area contributed by atoms with Crippen molar-refractivity contribution in [3.63, 3.8) is 0 Å². The van der Waals surface area contributed by atoms with E-state index < -0.39 is 5.60 Å². The van der Waals surface area contributed by atoms with Gasteiger partial charge in [0.15, 0.2) is 0 Å². The van der Waals surface area contributed by atoms with Crippen molar-refractivity contribution in [1.29, 1.82) is 0 Å². The van der Waals surface area contributed by atoms with Gasteiger partial charge in [-0.25, -0.2) is 0 Å². The minimum absolute atomic E-state index is 0.506. The Balaban J connectivity index is 1.93. The Labute approximate surface area is 115 Å². The third kappa shape index (κ3) is 2.18. The number of hydrogen-bond donors (Lipinski definition) is 1. The van der Waals surface area contributed by atoms with Gasteiger partial charge < -0.3 is 10.0 Å². The molecule has 1 aromatic carbocycles. The van der Waals surface area contributed by atoms with Gasteiger partial charge in [0.05, 0.1) is 5.60 Å². The molecule has 2 heterocycles. The number of fused-ring (bicyclic) bond motifs is 2. The highest BCUT2D eigenvalue weighted by Gasteiger charge is 2.44. The quantitative estimate of drug-likeness (QED) is 0.779. The van der Waals surface area contributed by atoms with E-state index in [4.69, 9.17) is 6.42 Å². The molecular weight excluding hydrogens is 234 g/mol. The summed E-state index contributed by atoms with van der Waals surface area (Å²) in [6.07, 6.45) is 10.8. The fraction of sp³-hybridized carbons (Fsp3) is 0.529. The first-order valence-corrected chi connectivity index (χ1v) is 7.14. The van der Waals surface area contributed by atoms with E-state index in [0.717, 1.165) is 24.0 Å². The van der Waals surface area contributed by atoms with Crippen molar-refractivity contribution in [3.8, 4) is 12.3 Å². The molecule has 2 bridgehead atoms. The Morgan fingerprint density at radius 2 is 2.00 bits per heavy atom. The van der Waals surface area contributed by atoms with Gasteiger partial charge in [-0.15, -0.1) is 6.42 Å². The van der Waals surface area contributed by atoms with Crippen LogP contribution in [0.2, 0.25) is 0 Å². The Morgan fingerprint density at radius 1 is 1.32 bits per heavy atom. The SMILES string of the molecule is C#Cc1cccc(C2(O)CC3CCCC(C2)N3C)c1. The monoisotopic (exact) mass is 255 g/mol. The Hall–Kier alpha value is -1.30. The Morgan fingerprint density at radius 3 is 2.63 bits per heavy atom. The van der Waals surface area contributed by atoms with E-state index >= 15 is 0 Å². The predicted molar refractivity (Wildman–Crippen MR) is 76.7 cm³/mol. The third-order valence-electron chi connectivity index (χ3n) is 4.94. The number of benzene rings is 1. The zero-order valence-electron chi connectivity index (χ0n) is 11.5. The number of hydrogen-bond acceptors (Lipinski definition) is 2. The highest BCUT2D eigenvalue weighted by atomic mass is 16.3. The largest absolute Gasteiger partial charge is 0.385 e. The molecule has 2 fully saturated rings. The lowest BCUT2D eigenvalue weighted by Crippen LogP contribution is -2.55. The fourth-order valence-electron chi connectivity index (χ4n) is 3.78. The maximum Gasteiger partial charge on any atom is 0.0926 e. The summed E-state index contributed by atoms with van der Waals surface area (Å²) in [7, 11) is 2.20. The summed E-state index contributed by atoms with van der Waals surface area (Å²) >= 11 is 0. The molecule has 2 unspecified atom stereocenters. The summed E-state index contributed by atoms with van der Waals surface area (Å²) < 4.78 is 0. The van der Waals surface area contributed by atoms with Gasteiger partial charge in [0, 0.05) is 17.6 Å². The lowest BCUT2D eigenvalue weighted by Gasteiger charge is -2.50. The second-order valence-electron chi connectivity index (χ2n) is 6.07. The maximum absolute atomic E-state index is 11.1. The second-order valence-corrected chi connectivity index (χ2v) is 6.07. The number of terminal acetylenes is 1. The van der Waals surface area contributed by atoms with Crippen molar-refractivity contribution < 1.29 is 5.11 Å². The predicted octanol–water partition coefficient (Wildman–Crippen LogP) is 2.50. The molecule has 3 rings (SSSR count). The van der Waals surface area contributed by atoms with Crippen molar-refractivity contribution in [2.75, 3.05) is 7.05 Å². The number of rotatable bonds is 1. The molecule has 2 aliphatic heterocycles. The van der Waals surface area contributed by atoms with E-state index in [1.165, 1.54) is 19.3 Å². The minimum Gasteiger partial charge on any atom is -0.385 e. The molecule has 2 atom stereocenters. The van der Waals surface area contributed by atoms with E-state index in [9.17, 15) is 5.11 Å². The minimum atomic E-state index is -0.699. The van der Waals surface area contributed by atoms with E-state index in [0.29, 0.717) is 12.1 Å². The third-order valence-corrected chi connectivity index (χ3v) is 4.94. The van der Waals surface area contributed by atoms with Crippen molar-refractivity contribution in [2.24, 2.45) is 0 Å². The van der Waals surface area contributed by atoms with Gasteiger partial charge in [-0.1, -0.05) is 24.5 Å². The van der Waals surface area contributed by atoms with Crippen LogP contribution in [0.3, 0.4) is 0 Å². The van der Waals surface area contributed by atoms with Crippen LogP contribution in [-0.4, -0.2) is 29.1 Å². The van der Waals surface area contributed by atoms with Gasteiger partial charge in [0.2, 0.25) is 0 Å². The molecule has 0 spiro atoms. The topological polar surface area (TPSA) is 23.5 Å². The molecule has 0 aliphatic carbocycles. The molecule has 2 aliphatic rings. The molecule has 1 aromatic rings. The Kier molecular flexibility index (Phi) is 3.12. The molecule has 0 amide bonds. The van der Waals surface area contributed by atoms with Crippen molar-refractivity contribution in [1.82, 2.24) is 4.90 Å². The van der Waals surface area contributed by atoms with Crippen LogP contribution in [0.15, 0.2) is 24.3 Å². The number of nitrogens with zero attached hydrogens (tertiary/aromatic N) is 1. The van der Waals surface area contributed by atoms with Crippen LogP contribution in [0.4, 0.5) is 0 Å². The molecular formula is C17H21NO. The van der Waals surface area contributed by atoms with Crippen LogP contribution in [-0.2, 0) is 5.60 Å². The van der Waals surface area contributed by atoms with Crippen molar-refractivity contribution in [3.05, 3.63) is 35.4 Å². The first-order valence-electron chi connectivity index (χ1n) is 7.14. The highest BCUT2D eigenvalue weighted by molar-refractivity contribution is 5.38. The van der Waals surface area contributed by atoms with Crippen molar-refractivity contribution >= 4 is 0 Å². The van der Waals surface area contributed by atoms with Crippen LogP contribution >= 0.6 is 0 Å². The van der Waals surface area contributed by atoms with Crippen LogP contribution in [0.1, 0.15) is 43.2 Å². The molecule has 0 saturated carbocycles. The zero-order valence-corrected chi connectivity index (χ0v) is 11.5. The van der Waals surface area contributed by atoms with Gasteiger partial charge in [-0.2, -0.15) is 0 Å². The van der Waals surface area contributed by atoms with E-state index in [1.54, 1.807) is 0 Å². The van der Waals surface area contributed by atoms with E-state index in [-0.39, 0.29) is 0 Å². The van der Waals surface area contributed by atoms with Gasteiger partial charge >= 0.3 is 0 Å². The molecule has 19 heavy (non-hydrogen) atoms. The van der Waals surface area contributed by atoms with Gasteiger partial charge in [-0.05, 0) is 50.4 Å². The smallest absolute Gasteiger partial charge is 0.0926 e. The van der Waals surface area contributed by atoms with Gasteiger partial charge in [-0.3, -0.25) is 0 Å². The second kappa shape index (κ2) is 4.67. The average Bonchev–Trinajstić information content (AvgIpc) is 2.41. The summed E-state index contributed by atoms with van der Waals surface area (Å²) in [6, 6.07) is 8.88. The lowest BCUT2D eigenvalue weighted by molar-refractivity contribution is -0.0874. The highest BCUT2D eigenvalue weighted by Crippen LogP contribution is 2.43. The molecule has 2 heteroatoms. The van der Waals surface area contributed by atoms with Gasteiger partial charge in [0.1, 0.15) is 0 Å². The molecule has 100 valence electrons. The lowest BCUT2D eigenvalue weighted by atomic mass is 9.72. The normalized spacial score (nSPS) is 34.8. The summed E-state index contributed by atoms with van der Waals surface area (Å²) in [4.78, 5) is 2.46. The Bertz CT molecular complexity index is 502. The molecule has 0 aromatic heterocycles. The number of piperidine rings is 2. The fourth-order valence-corrected chi connectivity index (χ4v) is 3.78. The van der Waals surface area contributed by atoms with E-state index in [2.05, 4.69) is 17.9 Å².